The molecule has 27 heavy (non-hydrogen) atoms. The van der Waals surface area contributed by atoms with E-state index in [4.69, 9.17) is 0 Å². The van der Waals surface area contributed by atoms with Crippen molar-refractivity contribution in [1.29, 1.82) is 0 Å². The topological polar surface area (TPSA) is 87.7 Å². The molecule has 0 fully saturated rings. The summed E-state index contributed by atoms with van der Waals surface area (Å²) in [4.78, 5) is 36.1. The summed E-state index contributed by atoms with van der Waals surface area (Å²) in [7, 11) is 0. The van der Waals surface area contributed by atoms with Crippen LogP contribution < -0.4 is 10.9 Å². The quantitative estimate of drug-likeness (QED) is 0.730. The molecule has 1 aromatic carbocycles. The van der Waals surface area contributed by atoms with Gasteiger partial charge in [0.15, 0.2) is 0 Å². The van der Waals surface area contributed by atoms with Crippen molar-refractivity contribution in [3.8, 4) is 11.4 Å². The predicted octanol–water partition coefficient (Wildman–Crippen LogP) is 2.87. The Bertz CT molecular complexity index is 1010. The number of hydrogen-bond acceptors (Lipinski definition) is 4. The normalized spacial score (nSPS) is 11.8. The van der Waals surface area contributed by atoms with Crippen LogP contribution in [-0.2, 0) is 11.2 Å². The number of aryl methyl sites for hydroxylation is 2. The summed E-state index contributed by atoms with van der Waals surface area (Å²) in [5.74, 6) is 0.259. The molecule has 2 aromatic heterocycles. The van der Waals surface area contributed by atoms with E-state index in [1.807, 2.05) is 38.1 Å². The van der Waals surface area contributed by atoms with Gasteiger partial charge in [-0.1, -0.05) is 24.3 Å². The fourth-order valence-electron chi connectivity index (χ4n) is 3.07. The van der Waals surface area contributed by atoms with Gasteiger partial charge >= 0.3 is 0 Å². The van der Waals surface area contributed by atoms with Crippen molar-refractivity contribution in [3.63, 3.8) is 0 Å². The molecule has 6 heteroatoms. The standard InChI is InChI=1S/C21H22N4O2/c1-13-6-4-5-7-17(13)14(2)23-19(26)12-18-15(3)24-20(25-21(18)27)16-8-10-22-11-9-16/h4-11,14H,12H2,1-3H3,(H,23,26)(H,24,25,27). The van der Waals surface area contributed by atoms with Gasteiger partial charge in [-0.2, -0.15) is 0 Å². The number of nitrogens with zero attached hydrogens (tertiary/aromatic N) is 2. The zero-order valence-corrected chi connectivity index (χ0v) is 15.6. The SMILES string of the molecule is Cc1ccccc1C(C)NC(=O)Cc1c(C)nc(-c2ccncc2)[nH]c1=O. The van der Waals surface area contributed by atoms with Crippen molar-refractivity contribution in [3.05, 3.63) is 81.5 Å². The van der Waals surface area contributed by atoms with Crippen LogP contribution in [0.1, 0.15) is 35.3 Å². The molecule has 2 N–H and O–H groups in total. The maximum absolute atomic E-state index is 12.5. The van der Waals surface area contributed by atoms with Crippen LogP contribution >= 0.6 is 0 Å². The van der Waals surface area contributed by atoms with Crippen LogP contribution in [0, 0.1) is 13.8 Å². The average Bonchev–Trinajstić information content (AvgIpc) is 2.65. The number of H-pyrrole nitrogens is 1. The Hall–Kier alpha value is -3.28. The zero-order chi connectivity index (χ0) is 19.4. The second-order valence-corrected chi connectivity index (χ2v) is 6.54. The Kier molecular flexibility index (Phi) is 5.45. The van der Waals surface area contributed by atoms with Crippen molar-refractivity contribution in [2.45, 2.75) is 33.2 Å². The molecule has 0 aliphatic carbocycles. The van der Waals surface area contributed by atoms with Gasteiger partial charge in [0.2, 0.25) is 5.91 Å². The van der Waals surface area contributed by atoms with Crippen molar-refractivity contribution in [2.24, 2.45) is 0 Å². The lowest BCUT2D eigenvalue weighted by Gasteiger charge is -2.17. The Balaban J connectivity index is 1.76. The summed E-state index contributed by atoms with van der Waals surface area (Å²) in [6.07, 6.45) is 3.26. The van der Waals surface area contributed by atoms with E-state index < -0.39 is 0 Å². The summed E-state index contributed by atoms with van der Waals surface area (Å²) in [6.45, 7) is 5.68. The lowest BCUT2D eigenvalue weighted by molar-refractivity contribution is -0.121. The molecule has 6 nitrogen and oxygen atoms in total. The molecule has 1 atom stereocenters. The third-order valence-corrected chi connectivity index (χ3v) is 4.55. The van der Waals surface area contributed by atoms with Gasteiger partial charge in [-0.3, -0.25) is 14.6 Å². The number of hydrogen-bond donors (Lipinski definition) is 2. The highest BCUT2D eigenvalue weighted by molar-refractivity contribution is 5.79. The molecule has 0 spiro atoms. The molecular formula is C21H22N4O2. The van der Waals surface area contributed by atoms with Crippen molar-refractivity contribution < 1.29 is 4.79 Å². The first-order chi connectivity index (χ1) is 13.0. The molecule has 3 aromatic rings. The third-order valence-electron chi connectivity index (χ3n) is 4.55. The number of aromatic amines is 1. The fraction of sp³-hybridized carbons (Fsp3) is 0.238. The van der Waals surface area contributed by atoms with Gasteiger partial charge in [-0.05, 0) is 44.0 Å². The van der Waals surface area contributed by atoms with E-state index in [0.717, 1.165) is 16.7 Å². The van der Waals surface area contributed by atoms with Crippen molar-refractivity contribution in [2.75, 3.05) is 0 Å². The Morgan fingerprint density at radius 2 is 1.85 bits per heavy atom. The number of nitrogens with one attached hydrogen (secondary N) is 2. The van der Waals surface area contributed by atoms with Gasteiger partial charge in [0.05, 0.1) is 12.5 Å². The summed E-state index contributed by atoms with van der Waals surface area (Å²) >= 11 is 0. The first-order valence-corrected chi connectivity index (χ1v) is 8.81. The van der Waals surface area contributed by atoms with Crippen LogP contribution in [-0.4, -0.2) is 20.9 Å². The maximum Gasteiger partial charge on any atom is 0.255 e. The van der Waals surface area contributed by atoms with Crippen LogP contribution in [0.25, 0.3) is 11.4 Å². The fourth-order valence-corrected chi connectivity index (χ4v) is 3.07. The molecule has 2 heterocycles. The number of carbonyl (C=O) groups excluding carboxylic acids is 1. The predicted molar refractivity (Wildman–Crippen MR) is 104 cm³/mol. The Morgan fingerprint density at radius 3 is 2.52 bits per heavy atom. The van der Waals surface area contributed by atoms with E-state index in [-0.39, 0.29) is 23.9 Å². The minimum absolute atomic E-state index is 0.0129. The van der Waals surface area contributed by atoms with Crippen LogP contribution in [0.15, 0.2) is 53.6 Å². The number of rotatable bonds is 5. The molecule has 0 radical (unpaired) electrons. The van der Waals surface area contributed by atoms with E-state index in [0.29, 0.717) is 17.1 Å². The first-order valence-electron chi connectivity index (χ1n) is 8.81. The molecule has 1 unspecified atom stereocenters. The van der Waals surface area contributed by atoms with Gasteiger partial charge in [-0.25, -0.2) is 4.98 Å². The number of carbonyl (C=O) groups is 1. The molecule has 3 rings (SSSR count). The lowest BCUT2D eigenvalue weighted by atomic mass is 10.0. The summed E-state index contributed by atoms with van der Waals surface area (Å²) < 4.78 is 0. The molecule has 138 valence electrons. The second kappa shape index (κ2) is 7.95. The van der Waals surface area contributed by atoms with E-state index >= 15 is 0 Å². The minimum atomic E-state index is -0.298. The van der Waals surface area contributed by atoms with Gasteiger partial charge < -0.3 is 10.3 Å². The highest BCUT2D eigenvalue weighted by Gasteiger charge is 2.16. The van der Waals surface area contributed by atoms with Crippen LogP contribution in [0.3, 0.4) is 0 Å². The summed E-state index contributed by atoms with van der Waals surface area (Å²) in [5, 5.41) is 2.96. The molecule has 0 aliphatic rings. The highest BCUT2D eigenvalue weighted by atomic mass is 16.2. The van der Waals surface area contributed by atoms with E-state index in [2.05, 4.69) is 20.3 Å². The number of amides is 1. The number of aromatic nitrogens is 3. The second-order valence-electron chi connectivity index (χ2n) is 6.54. The van der Waals surface area contributed by atoms with E-state index in [1.165, 1.54) is 0 Å². The van der Waals surface area contributed by atoms with Gasteiger partial charge in [-0.15, -0.1) is 0 Å². The largest absolute Gasteiger partial charge is 0.349 e. The van der Waals surface area contributed by atoms with Crippen molar-refractivity contribution >= 4 is 5.91 Å². The van der Waals surface area contributed by atoms with Crippen LogP contribution in [0.4, 0.5) is 0 Å². The van der Waals surface area contributed by atoms with E-state index in [9.17, 15) is 9.59 Å². The Morgan fingerprint density at radius 1 is 1.15 bits per heavy atom. The summed E-state index contributed by atoms with van der Waals surface area (Å²) in [6, 6.07) is 11.3. The number of pyridine rings is 1. The number of benzene rings is 1. The molecule has 0 saturated carbocycles. The highest BCUT2D eigenvalue weighted by Crippen LogP contribution is 2.17. The zero-order valence-electron chi connectivity index (χ0n) is 15.6. The molecular weight excluding hydrogens is 340 g/mol. The van der Waals surface area contributed by atoms with Crippen LogP contribution in [0.2, 0.25) is 0 Å². The van der Waals surface area contributed by atoms with Crippen LogP contribution in [0.5, 0.6) is 0 Å². The van der Waals surface area contributed by atoms with Gasteiger partial charge in [0.25, 0.3) is 5.56 Å². The maximum atomic E-state index is 12.5. The lowest BCUT2D eigenvalue weighted by Crippen LogP contribution is -2.31. The molecule has 0 bridgehead atoms. The van der Waals surface area contributed by atoms with Crippen molar-refractivity contribution in [1.82, 2.24) is 20.3 Å². The first kappa shape index (κ1) is 18.5. The third kappa shape index (κ3) is 4.28. The molecule has 1 amide bonds. The monoisotopic (exact) mass is 362 g/mol. The summed E-state index contributed by atoms with van der Waals surface area (Å²) in [5.41, 5.74) is 3.57. The Labute approximate surface area is 157 Å². The smallest absolute Gasteiger partial charge is 0.255 e. The molecule has 0 aliphatic heterocycles. The minimum Gasteiger partial charge on any atom is -0.349 e. The molecule has 0 saturated heterocycles. The average molecular weight is 362 g/mol. The van der Waals surface area contributed by atoms with E-state index in [1.54, 1.807) is 31.5 Å². The van der Waals surface area contributed by atoms with Gasteiger partial charge in [0.1, 0.15) is 5.82 Å². The van der Waals surface area contributed by atoms with Gasteiger partial charge in [0, 0.05) is 29.2 Å².